The van der Waals surface area contributed by atoms with Crippen molar-refractivity contribution in [2.24, 2.45) is 0 Å². The van der Waals surface area contributed by atoms with Crippen LogP contribution >= 0.6 is 11.8 Å². The summed E-state index contributed by atoms with van der Waals surface area (Å²) in [5.41, 5.74) is 3.52. The molecule has 4 aromatic rings. The van der Waals surface area contributed by atoms with E-state index >= 15 is 0 Å². The number of furan rings is 1. The van der Waals surface area contributed by atoms with Gasteiger partial charge in [0.15, 0.2) is 5.76 Å². The van der Waals surface area contributed by atoms with Crippen LogP contribution in [0.2, 0.25) is 0 Å². The number of hydrogen-bond acceptors (Lipinski definition) is 4. The molecule has 4 nitrogen and oxygen atoms in total. The Hall–Kier alpha value is -3.18. The highest BCUT2D eigenvalue weighted by molar-refractivity contribution is 7.97. The van der Waals surface area contributed by atoms with Crippen molar-refractivity contribution in [2.75, 3.05) is 11.9 Å². The number of fused-ring (bicyclic) bond motifs is 1. The lowest BCUT2D eigenvalue weighted by Crippen LogP contribution is -2.13. The summed E-state index contributed by atoms with van der Waals surface area (Å²) in [5.74, 6) is 2.28. The molecule has 0 spiro atoms. The Morgan fingerprint density at radius 1 is 0.933 bits per heavy atom. The molecule has 0 bridgehead atoms. The lowest BCUT2D eigenvalue weighted by molar-refractivity contribution is 0.0997. The van der Waals surface area contributed by atoms with Gasteiger partial charge in [0.2, 0.25) is 0 Å². The zero-order chi connectivity index (χ0) is 20.8. The van der Waals surface area contributed by atoms with Crippen molar-refractivity contribution in [3.63, 3.8) is 0 Å². The van der Waals surface area contributed by atoms with E-state index < -0.39 is 0 Å². The molecule has 30 heavy (non-hydrogen) atoms. The number of benzene rings is 3. The van der Waals surface area contributed by atoms with Gasteiger partial charge in [0, 0.05) is 22.5 Å². The van der Waals surface area contributed by atoms with E-state index in [0.717, 1.165) is 22.3 Å². The Labute approximate surface area is 180 Å². The normalized spacial score (nSPS) is 10.8. The van der Waals surface area contributed by atoms with Gasteiger partial charge in [0.05, 0.1) is 12.3 Å². The molecular formula is C25H23NO3S. The van der Waals surface area contributed by atoms with Crippen molar-refractivity contribution in [2.45, 2.75) is 18.4 Å². The highest BCUT2D eigenvalue weighted by Crippen LogP contribution is 2.32. The van der Waals surface area contributed by atoms with E-state index in [-0.39, 0.29) is 5.91 Å². The number of anilines is 1. The Bertz CT molecular complexity index is 1140. The number of carbonyl (C=O) groups excluding carboxylic acids is 1. The summed E-state index contributed by atoms with van der Waals surface area (Å²) in [7, 11) is 0. The first-order valence-corrected chi connectivity index (χ1v) is 11.1. The maximum absolute atomic E-state index is 13.1. The summed E-state index contributed by atoms with van der Waals surface area (Å²) in [6, 6.07) is 25.5. The molecule has 0 saturated heterocycles. The van der Waals surface area contributed by atoms with E-state index in [4.69, 9.17) is 9.15 Å². The number of thioether (sulfide) groups is 1. The third-order valence-electron chi connectivity index (χ3n) is 4.70. The summed E-state index contributed by atoms with van der Waals surface area (Å²) in [5, 5.41) is 3.93. The molecule has 0 aliphatic rings. The largest absolute Gasteiger partial charge is 0.492 e. The highest BCUT2D eigenvalue weighted by atomic mass is 32.2. The second-order valence-corrected chi connectivity index (χ2v) is 7.75. The van der Waals surface area contributed by atoms with Crippen molar-refractivity contribution in [3.8, 4) is 5.75 Å². The molecular weight excluding hydrogens is 394 g/mol. The van der Waals surface area contributed by atoms with Gasteiger partial charge in [0.1, 0.15) is 11.3 Å². The molecule has 0 radical (unpaired) electrons. The Balaban J connectivity index is 1.58. The van der Waals surface area contributed by atoms with Gasteiger partial charge in [-0.25, -0.2) is 0 Å². The third-order valence-corrected chi connectivity index (χ3v) is 5.73. The molecule has 1 heterocycles. The van der Waals surface area contributed by atoms with Crippen LogP contribution in [0.5, 0.6) is 5.75 Å². The van der Waals surface area contributed by atoms with Crippen LogP contribution in [0, 0.1) is 0 Å². The van der Waals surface area contributed by atoms with Gasteiger partial charge in [-0.05, 0) is 30.7 Å². The molecule has 5 heteroatoms. The number of hydrogen-bond donors (Lipinski definition) is 1. The molecule has 4 rings (SSSR count). The topological polar surface area (TPSA) is 51.5 Å². The summed E-state index contributed by atoms with van der Waals surface area (Å²) in [4.78, 5) is 13.1. The maximum Gasteiger partial charge on any atom is 0.291 e. The monoisotopic (exact) mass is 417 g/mol. The predicted octanol–water partition coefficient (Wildman–Crippen LogP) is 6.52. The fraction of sp³-hybridized carbons (Fsp3) is 0.160. The van der Waals surface area contributed by atoms with Crippen molar-refractivity contribution in [1.82, 2.24) is 0 Å². The van der Waals surface area contributed by atoms with Crippen LogP contribution in [0.4, 0.5) is 5.69 Å². The van der Waals surface area contributed by atoms with Crippen molar-refractivity contribution in [3.05, 3.63) is 95.7 Å². The molecule has 0 aliphatic carbocycles. The number of nitrogens with one attached hydrogen (secondary N) is 1. The van der Waals surface area contributed by atoms with E-state index in [9.17, 15) is 4.79 Å². The first kappa shape index (κ1) is 20.1. The van der Waals surface area contributed by atoms with Crippen LogP contribution in [0.15, 0.2) is 83.3 Å². The maximum atomic E-state index is 13.1. The minimum atomic E-state index is -0.270. The van der Waals surface area contributed by atoms with Gasteiger partial charge in [-0.15, -0.1) is 0 Å². The number of ether oxygens (including phenoxy) is 1. The van der Waals surface area contributed by atoms with Gasteiger partial charge < -0.3 is 14.5 Å². The summed E-state index contributed by atoms with van der Waals surface area (Å²) in [6.07, 6.45) is 0. The first-order valence-electron chi connectivity index (χ1n) is 9.91. The summed E-state index contributed by atoms with van der Waals surface area (Å²) >= 11 is 1.76. The summed E-state index contributed by atoms with van der Waals surface area (Å²) < 4.78 is 11.6. The molecule has 1 amide bonds. The van der Waals surface area contributed by atoms with E-state index in [0.29, 0.717) is 29.6 Å². The van der Waals surface area contributed by atoms with Crippen LogP contribution in [-0.4, -0.2) is 12.5 Å². The molecule has 0 unspecified atom stereocenters. The highest BCUT2D eigenvalue weighted by Gasteiger charge is 2.21. The number of para-hydroxylation sites is 3. The molecule has 0 atom stereocenters. The number of rotatable bonds is 8. The standard InChI is InChI=1S/C25H23NO3S/c1-2-28-23-15-9-7-13-21(23)26-25(27)24-20(19-12-6-8-14-22(19)29-24)17-30-16-18-10-4-3-5-11-18/h3-15H,2,16-17H2,1H3,(H,26,27). The molecule has 0 saturated carbocycles. The number of amides is 1. The fourth-order valence-electron chi connectivity index (χ4n) is 3.30. The third kappa shape index (κ3) is 4.52. The smallest absolute Gasteiger partial charge is 0.291 e. The molecule has 3 aromatic carbocycles. The van der Waals surface area contributed by atoms with Gasteiger partial charge >= 0.3 is 0 Å². The van der Waals surface area contributed by atoms with Crippen LogP contribution < -0.4 is 10.1 Å². The second-order valence-electron chi connectivity index (χ2n) is 6.77. The van der Waals surface area contributed by atoms with E-state index in [2.05, 4.69) is 17.4 Å². The molecule has 1 N–H and O–H groups in total. The molecule has 0 fully saturated rings. The second kappa shape index (κ2) is 9.55. The zero-order valence-electron chi connectivity index (χ0n) is 16.8. The fourth-order valence-corrected chi connectivity index (χ4v) is 4.32. The quantitative estimate of drug-likeness (QED) is 0.355. The average molecular weight is 418 g/mol. The Kier molecular flexibility index (Phi) is 6.40. The van der Waals surface area contributed by atoms with Gasteiger partial charge in [0.25, 0.3) is 5.91 Å². The van der Waals surface area contributed by atoms with Crippen molar-refractivity contribution >= 4 is 34.3 Å². The lowest BCUT2D eigenvalue weighted by Gasteiger charge is -2.11. The Morgan fingerprint density at radius 2 is 1.67 bits per heavy atom. The predicted molar refractivity (Wildman–Crippen MR) is 123 cm³/mol. The van der Waals surface area contributed by atoms with E-state index in [1.54, 1.807) is 11.8 Å². The number of carbonyl (C=O) groups is 1. The van der Waals surface area contributed by atoms with Gasteiger partial charge in [-0.1, -0.05) is 60.7 Å². The SMILES string of the molecule is CCOc1ccccc1NC(=O)c1oc2ccccc2c1CSCc1ccccc1. The van der Waals surface area contributed by atoms with Crippen LogP contribution in [0.3, 0.4) is 0 Å². The van der Waals surface area contributed by atoms with Crippen LogP contribution in [0.25, 0.3) is 11.0 Å². The molecule has 1 aromatic heterocycles. The van der Waals surface area contributed by atoms with Crippen LogP contribution in [-0.2, 0) is 11.5 Å². The van der Waals surface area contributed by atoms with E-state index in [1.807, 2.05) is 73.7 Å². The van der Waals surface area contributed by atoms with Crippen molar-refractivity contribution in [1.29, 1.82) is 0 Å². The lowest BCUT2D eigenvalue weighted by atomic mass is 10.1. The van der Waals surface area contributed by atoms with Gasteiger partial charge in [-0.3, -0.25) is 4.79 Å². The minimum absolute atomic E-state index is 0.270. The minimum Gasteiger partial charge on any atom is -0.492 e. The molecule has 152 valence electrons. The van der Waals surface area contributed by atoms with Gasteiger partial charge in [-0.2, -0.15) is 11.8 Å². The van der Waals surface area contributed by atoms with Crippen LogP contribution in [0.1, 0.15) is 28.6 Å². The average Bonchev–Trinajstić information content (AvgIpc) is 3.15. The van der Waals surface area contributed by atoms with Crippen molar-refractivity contribution < 1.29 is 13.9 Å². The molecule has 0 aliphatic heterocycles. The van der Waals surface area contributed by atoms with E-state index in [1.165, 1.54) is 5.56 Å². The first-order chi connectivity index (χ1) is 14.8. The zero-order valence-corrected chi connectivity index (χ0v) is 17.6. The Morgan fingerprint density at radius 3 is 2.50 bits per heavy atom. The summed E-state index contributed by atoms with van der Waals surface area (Å²) in [6.45, 7) is 2.44.